The predicted molar refractivity (Wildman–Crippen MR) is 103 cm³/mol. The molecule has 7 heteroatoms. The summed E-state index contributed by atoms with van der Waals surface area (Å²) in [6, 6.07) is 10.4. The molecule has 6 nitrogen and oxygen atoms in total. The van der Waals surface area contributed by atoms with E-state index >= 15 is 0 Å². The summed E-state index contributed by atoms with van der Waals surface area (Å²) >= 11 is 4.98. The topological polar surface area (TPSA) is 87.0 Å². The zero-order chi connectivity index (χ0) is 18.8. The third-order valence-corrected chi connectivity index (χ3v) is 4.41. The fourth-order valence-electron chi connectivity index (χ4n) is 2.86. The van der Waals surface area contributed by atoms with Gasteiger partial charge in [-0.15, -0.1) is 0 Å². The summed E-state index contributed by atoms with van der Waals surface area (Å²) in [4.78, 5) is 30.0. The first-order valence-electron chi connectivity index (χ1n) is 8.11. The number of aromatic amines is 2. The number of hydrogen-bond donors (Lipinski definition) is 3. The van der Waals surface area contributed by atoms with Gasteiger partial charge in [-0.25, -0.2) is 0 Å². The summed E-state index contributed by atoms with van der Waals surface area (Å²) in [5.74, 6) is 0.472. The van der Waals surface area contributed by atoms with Crippen LogP contribution in [0.15, 0.2) is 41.2 Å². The second kappa shape index (κ2) is 7.13. The molecule has 3 aromatic rings. The molecule has 0 aliphatic carbocycles. The summed E-state index contributed by atoms with van der Waals surface area (Å²) in [5, 5.41) is 3.41. The van der Waals surface area contributed by atoms with Crippen molar-refractivity contribution in [2.45, 2.75) is 19.9 Å². The van der Waals surface area contributed by atoms with Crippen molar-refractivity contribution in [3.63, 3.8) is 0 Å². The molecule has 1 atom stereocenters. The molecule has 2 aromatic carbocycles. The number of nitrogens with one attached hydrogen (secondary N) is 3. The molecule has 0 aliphatic heterocycles. The van der Waals surface area contributed by atoms with Crippen molar-refractivity contribution in [2.24, 2.45) is 0 Å². The number of amides is 1. The smallest absolute Gasteiger partial charge is 0.259 e. The molecule has 0 fully saturated rings. The number of rotatable bonds is 4. The Balaban J connectivity index is 1.90. The molecule has 0 aliphatic rings. The van der Waals surface area contributed by atoms with Crippen LogP contribution in [-0.4, -0.2) is 23.0 Å². The molecule has 1 aromatic heterocycles. The van der Waals surface area contributed by atoms with Gasteiger partial charge in [0, 0.05) is 11.1 Å². The lowest BCUT2D eigenvalue weighted by Gasteiger charge is -2.18. The molecule has 26 heavy (non-hydrogen) atoms. The Morgan fingerprint density at radius 3 is 2.69 bits per heavy atom. The van der Waals surface area contributed by atoms with Crippen molar-refractivity contribution in [1.29, 1.82) is 0 Å². The van der Waals surface area contributed by atoms with Crippen LogP contribution in [0.5, 0.6) is 5.75 Å². The number of H-pyrrole nitrogens is 2. The quantitative estimate of drug-likeness (QED) is 0.615. The van der Waals surface area contributed by atoms with E-state index in [4.69, 9.17) is 17.0 Å². The van der Waals surface area contributed by atoms with E-state index in [-0.39, 0.29) is 22.3 Å². The average molecular weight is 369 g/mol. The molecule has 0 saturated heterocycles. The highest BCUT2D eigenvalue weighted by Crippen LogP contribution is 2.26. The zero-order valence-electron chi connectivity index (χ0n) is 14.7. The number of aryl methyl sites for hydroxylation is 1. The number of carbonyl (C=O) groups excluding carboxylic acids is 1. The fourth-order valence-corrected chi connectivity index (χ4v) is 3.06. The zero-order valence-corrected chi connectivity index (χ0v) is 15.5. The minimum absolute atomic E-state index is 0.220. The Morgan fingerprint density at radius 2 is 1.96 bits per heavy atom. The van der Waals surface area contributed by atoms with E-state index in [0.29, 0.717) is 16.5 Å². The molecule has 0 radical (unpaired) electrons. The maximum atomic E-state index is 12.6. The van der Waals surface area contributed by atoms with Crippen LogP contribution >= 0.6 is 12.2 Å². The summed E-state index contributed by atoms with van der Waals surface area (Å²) in [5.41, 5.74) is 2.66. The maximum absolute atomic E-state index is 12.6. The molecule has 1 heterocycles. The molecule has 134 valence electrons. The van der Waals surface area contributed by atoms with Gasteiger partial charge in [0.15, 0.2) is 4.77 Å². The third kappa shape index (κ3) is 3.52. The minimum Gasteiger partial charge on any atom is -0.496 e. The van der Waals surface area contributed by atoms with Gasteiger partial charge >= 0.3 is 0 Å². The Morgan fingerprint density at radius 1 is 1.19 bits per heavy atom. The van der Waals surface area contributed by atoms with E-state index < -0.39 is 0 Å². The summed E-state index contributed by atoms with van der Waals surface area (Å²) in [6.07, 6.45) is 0. The van der Waals surface area contributed by atoms with Gasteiger partial charge in [-0.05, 0) is 50.3 Å². The van der Waals surface area contributed by atoms with E-state index in [9.17, 15) is 9.59 Å². The van der Waals surface area contributed by atoms with Crippen LogP contribution in [0, 0.1) is 11.7 Å². The van der Waals surface area contributed by atoms with Crippen molar-refractivity contribution in [3.8, 4) is 5.75 Å². The Labute approximate surface area is 155 Å². The largest absolute Gasteiger partial charge is 0.496 e. The first-order valence-corrected chi connectivity index (χ1v) is 8.51. The summed E-state index contributed by atoms with van der Waals surface area (Å²) in [7, 11) is 1.60. The van der Waals surface area contributed by atoms with E-state index in [1.165, 1.54) is 0 Å². The minimum atomic E-state index is -0.284. The van der Waals surface area contributed by atoms with Crippen LogP contribution in [0.1, 0.15) is 34.5 Å². The number of fused-ring (bicyclic) bond motifs is 1. The molecule has 0 saturated carbocycles. The fraction of sp³-hybridized carbons (Fsp3) is 0.211. The molecule has 3 N–H and O–H groups in total. The van der Waals surface area contributed by atoms with E-state index in [0.717, 1.165) is 16.9 Å². The second-order valence-corrected chi connectivity index (χ2v) is 6.52. The van der Waals surface area contributed by atoms with Crippen molar-refractivity contribution in [3.05, 3.63) is 68.2 Å². The van der Waals surface area contributed by atoms with Gasteiger partial charge in [-0.1, -0.05) is 17.7 Å². The SMILES string of the molecule is COc1ccc(C)cc1C(C)NC(=O)c1ccc2c(=O)[nH]c(=S)[nH]c2c1. The highest BCUT2D eigenvalue weighted by atomic mass is 32.1. The van der Waals surface area contributed by atoms with Crippen molar-refractivity contribution >= 4 is 29.0 Å². The van der Waals surface area contributed by atoms with Gasteiger partial charge in [0.25, 0.3) is 11.5 Å². The van der Waals surface area contributed by atoms with E-state index in [1.54, 1.807) is 25.3 Å². The van der Waals surface area contributed by atoms with Gasteiger partial charge in [0.2, 0.25) is 0 Å². The van der Waals surface area contributed by atoms with Gasteiger partial charge in [0.1, 0.15) is 5.75 Å². The van der Waals surface area contributed by atoms with Crippen molar-refractivity contribution in [1.82, 2.24) is 15.3 Å². The number of carbonyl (C=O) groups is 1. The van der Waals surface area contributed by atoms with Gasteiger partial charge in [-0.3, -0.25) is 14.6 Å². The molecule has 1 unspecified atom stereocenters. The lowest BCUT2D eigenvalue weighted by Crippen LogP contribution is -2.27. The molecule has 3 rings (SSSR count). The molecule has 0 bridgehead atoms. The van der Waals surface area contributed by atoms with Gasteiger partial charge in [-0.2, -0.15) is 0 Å². The van der Waals surface area contributed by atoms with Crippen LogP contribution in [0.25, 0.3) is 10.9 Å². The highest BCUT2D eigenvalue weighted by molar-refractivity contribution is 7.71. The Bertz CT molecular complexity index is 1100. The van der Waals surface area contributed by atoms with Crippen LogP contribution in [0.2, 0.25) is 0 Å². The Hall–Kier alpha value is -2.93. The number of aromatic nitrogens is 2. The van der Waals surface area contributed by atoms with Gasteiger partial charge in [0.05, 0.1) is 24.1 Å². The lowest BCUT2D eigenvalue weighted by molar-refractivity contribution is 0.0939. The van der Waals surface area contributed by atoms with Crippen molar-refractivity contribution in [2.75, 3.05) is 7.11 Å². The van der Waals surface area contributed by atoms with E-state index in [1.807, 2.05) is 32.0 Å². The van der Waals surface area contributed by atoms with Gasteiger partial charge < -0.3 is 15.0 Å². The maximum Gasteiger partial charge on any atom is 0.259 e. The first kappa shape index (κ1) is 17.9. The average Bonchev–Trinajstić information content (AvgIpc) is 2.60. The van der Waals surface area contributed by atoms with Crippen molar-refractivity contribution < 1.29 is 9.53 Å². The Kier molecular flexibility index (Phi) is 4.90. The van der Waals surface area contributed by atoms with Crippen LogP contribution in [-0.2, 0) is 0 Å². The second-order valence-electron chi connectivity index (χ2n) is 6.11. The number of benzene rings is 2. The third-order valence-electron chi connectivity index (χ3n) is 4.20. The van der Waals surface area contributed by atoms with Crippen LogP contribution < -0.4 is 15.6 Å². The highest BCUT2D eigenvalue weighted by Gasteiger charge is 2.16. The predicted octanol–water partition coefficient (Wildman–Crippen LogP) is 3.39. The monoisotopic (exact) mass is 369 g/mol. The number of hydrogen-bond acceptors (Lipinski definition) is 4. The van der Waals surface area contributed by atoms with Crippen LogP contribution in [0.4, 0.5) is 0 Å². The lowest BCUT2D eigenvalue weighted by atomic mass is 10.0. The normalized spacial score (nSPS) is 12.0. The number of methoxy groups -OCH3 is 1. The summed E-state index contributed by atoms with van der Waals surface area (Å²) in [6.45, 7) is 3.88. The number of ether oxygens (including phenoxy) is 1. The molecular formula is C19H19N3O3S. The molecule has 0 spiro atoms. The molecule has 1 amide bonds. The first-order chi connectivity index (χ1) is 12.4. The standard InChI is InChI=1S/C19H19N3O3S/c1-10-4-7-16(25-3)14(8-10)11(2)20-17(23)12-5-6-13-15(9-12)21-19(26)22-18(13)24/h4-9,11H,1-3H3,(H,20,23)(H2,21,22,24,26). The van der Waals surface area contributed by atoms with Crippen LogP contribution in [0.3, 0.4) is 0 Å². The molecular weight excluding hydrogens is 350 g/mol. The summed E-state index contributed by atoms with van der Waals surface area (Å²) < 4.78 is 5.61. The van der Waals surface area contributed by atoms with E-state index in [2.05, 4.69) is 15.3 Å².